The zero-order valence-corrected chi connectivity index (χ0v) is 15.8. The van der Waals surface area contributed by atoms with Gasteiger partial charge in [0.1, 0.15) is 24.1 Å². The first-order chi connectivity index (χ1) is 13.7. The molecule has 1 amide bonds. The third kappa shape index (κ3) is 3.52. The van der Waals surface area contributed by atoms with Crippen molar-refractivity contribution in [2.45, 2.75) is 19.4 Å². The molecule has 0 bridgehead atoms. The van der Waals surface area contributed by atoms with Crippen LogP contribution in [-0.2, 0) is 11.3 Å². The smallest absolute Gasteiger partial charge is 0.239 e. The van der Waals surface area contributed by atoms with Gasteiger partial charge in [0.25, 0.3) is 0 Å². The number of carbonyl (C=O) groups excluding carboxylic acids is 1. The van der Waals surface area contributed by atoms with Gasteiger partial charge in [0, 0.05) is 37.4 Å². The molecular weight excluding hydrogens is 352 g/mol. The molecule has 0 unspecified atom stereocenters. The Hall–Kier alpha value is -3.46. The Balaban J connectivity index is 1.57. The Bertz CT molecular complexity index is 1040. The maximum absolute atomic E-state index is 11.7. The highest BCUT2D eigenvalue weighted by Crippen LogP contribution is 2.30. The van der Waals surface area contributed by atoms with Crippen molar-refractivity contribution in [1.82, 2.24) is 9.88 Å². The topological polar surface area (TPSA) is 70.3 Å². The monoisotopic (exact) mass is 374 g/mol. The van der Waals surface area contributed by atoms with Gasteiger partial charge in [-0.25, -0.2) is 0 Å². The Kier molecular flexibility index (Phi) is 4.90. The molecule has 0 radical (unpaired) electrons. The van der Waals surface area contributed by atoms with Gasteiger partial charge in [-0.15, -0.1) is 0 Å². The number of nitriles is 1. The molecular formula is C22H22N4O2. The SMILES string of the molecule is CNC(=O)Cn1cc(C#N)c2cc(Oc3ccc(N4CCCC4)cc3)ccc21. The van der Waals surface area contributed by atoms with E-state index < -0.39 is 0 Å². The molecule has 0 spiro atoms. The van der Waals surface area contributed by atoms with Crippen molar-refractivity contribution in [3.63, 3.8) is 0 Å². The molecule has 142 valence electrons. The molecule has 1 saturated heterocycles. The Morgan fingerprint density at radius 1 is 1.14 bits per heavy atom. The van der Waals surface area contributed by atoms with E-state index in [9.17, 15) is 10.1 Å². The number of likely N-dealkylation sites (N-methyl/N-ethyl adjacent to an activating group) is 1. The Morgan fingerprint density at radius 2 is 1.86 bits per heavy atom. The van der Waals surface area contributed by atoms with Gasteiger partial charge in [0.05, 0.1) is 11.1 Å². The highest BCUT2D eigenvalue weighted by molar-refractivity contribution is 5.89. The number of fused-ring (bicyclic) bond motifs is 1. The van der Waals surface area contributed by atoms with Crippen LogP contribution in [0.4, 0.5) is 5.69 Å². The quantitative estimate of drug-likeness (QED) is 0.740. The highest BCUT2D eigenvalue weighted by atomic mass is 16.5. The van der Waals surface area contributed by atoms with Gasteiger partial charge in [-0.1, -0.05) is 0 Å². The van der Waals surface area contributed by atoms with E-state index in [0.29, 0.717) is 11.3 Å². The summed E-state index contributed by atoms with van der Waals surface area (Å²) in [6, 6.07) is 15.9. The second-order valence-electron chi connectivity index (χ2n) is 6.92. The summed E-state index contributed by atoms with van der Waals surface area (Å²) in [5.41, 5.74) is 2.57. The van der Waals surface area contributed by atoms with Gasteiger partial charge in [0.2, 0.25) is 5.91 Å². The van der Waals surface area contributed by atoms with Gasteiger partial charge >= 0.3 is 0 Å². The minimum atomic E-state index is -0.111. The standard InChI is InChI=1S/C22H22N4O2/c1-24-22(27)15-26-14-16(13-23)20-12-19(8-9-21(20)26)28-18-6-4-17(5-7-18)25-10-2-3-11-25/h4-9,12,14H,2-3,10-11,15H2,1H3,(H,24,27). The van der Waals surface area contributed by atoms with E-state index in [2.05, 4.69) is 28.4 Å². The molecule has 1 fully saturated rings. The van der Waals surface area contributed by atoms with Crippen LogP contribution in [0.3, 0.4) is 0 Å². The van der Waals surface area contributed by atoms with Crippen molar-refractivity contribution < 1.29 is 9.53 Å². The van der Waals surface area contributed by atoms with Gasteiger partial charge in [0.15, 0.2) is 0 Å². The highest BCUT2D eigenvalue weighted by Gasteiger charge is 2.13. The zero-order chi connectivity index (χ0) is 19.5. The number of anilines is 1. The number of hydrogen-bond donors (Lipinski definition) is 1. The predicted octanol–water partition coefficient (Wildman–Crippen LogP) is 3.65. The number of nitrogens with zero attached hydrogens (tertiary/aromatic N) is 3. The molecule has 1 aliphatic rings. The second-order valence-corrected chi connectivity index (χ2v) is 6.92. The molecule has 0 saturated carbocycles. The fourth-order valence-corrected chi connectivity index (χ4v) is 3.63. The molecule has 28 heavy (non-hydrogen) atoms. The van der Waals surface area contributed by atoms with Crippen LogP contribution in [0.15, 0.2) is 48.7 Å². The van der Waals surface area contributed by atoms with Crippen molar-refractivity contribution in [1.29, 1.82) is 5.26 Å². The maximum Gasteiger partial charge on any atom is 0.239 e. The van der Waals surface area contributed by atoms with Gasteiger partial charge in [-0.3, -0.25) is 4.79 Å². The van der Waals surface area contributed by atoms with Gasteiger partial charge in [-0.05, 0) is 55.3 Å². The molecule has 6 nitrogen and oxygen atoms in total. The molecule has 3 aromatic rings. The van der Waals surface area contributed by atoms with Crippen LogP contribution in [0, 0.1) is 11.3 Å². The van der Waals surface area contributed by atoms with E-state index in [1.807, 2.05) is 30.3 Å². The van der Waals surface area contributed by atoms with Crippen molar-refractivity contribution in [2.24, 2.45) is 0 Å². The first-order valence-electron chi connectivity index (χ1n) is 9.44. The first-order valence-corrected chi connectivity index (χ1v) is 9.44. The van der Waals surface area contributed by atoms with Crippen LogP contribution in [0.25, 0.3) is 10.9 Å². The fraction of sp³-hybridized carbons (Fsp3) is 0.273. The zero-order valence-electron chi connectivity index (χ0n) is 15.8. The van der Waals surface area contributed by atoms with Crippen LogP contribution >= 0.6 is 0 Å². The number of aromatic nitrogens is 1. The molecule has 4 rings (SSSR count). The Labute approximate surface area is 163 Å². The van der Waals surface area contributed by atoms with Crippen molar-refractivity contribution in [2.75, 3.05) is 25.0 Å². The largest absolute Gasteiger partial charge is 0.457 e. The first kappa shape index (κ1) is 17.9. The van der Waals surface area contributed by atoms with Crippen LogP contribution in [0.1, 0.15) is 18.4 Å². The van der Waals surface area contributed by atoms with E-state index in [4.69, 9.17) is 4.74 Å². The third-order valence-corrected chi connectivity index (χ3v) is 5.11. The summed E-state index contributed by atoms with van der Waals surface area (Å²) in [6.45, 7) is 2.40. The van der Waals surface area contributed by atoms with E-state index in [0.717, 1.165) is 29.7 Å². The lowest BCUT2D eigenvalue weighted by Gasteiger charge is -2.17. The summed E-state index contributed by atoms with van der Waals surface area (Å²) >= 11 is 0. The van der Waals surface area contributed by atoms with E-state index in [1.54, 1.807) is 17.8 Å². The summed E-state index contributed by atoms with van der Waals surface area (Å²) in [7, 11) is 1.60. The van der Waals surface area contributed by atoms with Crippen LogP contribution < -0.4 is 15.0 Å². The third-order valence-electron chi connectivity index (χ3n) is 5.11. The second kappa shape index (κ2) is 7.65. The van der Waals surface area contributed by atoms with Gasteiger partial charge < -0.3 is 19.5 Å². The summed E-state index contributed by atoms with van der Waals surface area (Å²) in [6.07, 6.45) is 4.20. The predicted molar refractivity (Wildman–Crippen MR) is 109 cm³/mol. The van der Waals surface area contributed by atoms with E-state index in [-0.39, 0.29) is 12.5 Å². The minimum Gasteiger partial charge on any atom is -0.457 e. The number of rotatable bonds is 5. The number of hydrogen-bond acceptors (Lipinski definition) is 4. The molecule has 1 aliphatic heterocycles. The average Bonchev–Trinajstić information content (AvgIpc) is 3.37. The molecule has 0 atom stereocenters. The number of ether oxygens (including phenoxy) is 1. The summed E-state index contributed by atoms with van der Waals surface area (Å²) < 4.78 is 7.78. The summed E-state index contributed by atoms with van der Waals surface area (Å²) in [4.78, 5) is 14.1. The molecule has 0 aliphatic carbocycles. The molecule has 2 heterocycles. The lowest BCUT2D eigenvalue weighted by atomic mass is 10.2. The van der Waals surface area contributed by atoms with Crippen molar-refractivity contribution >= 4 is 22.5 Å². The van der Waals surface area contributed by atoms with Crippen LogP contribution in [0.2, 0.25) is 0 Å². The lowest BCUT2D eigenvalue weighted by molar-refractivity contribution is -0.121. The lowest BCUT2D eigenvalue weighted by Crippen LogP contribution is -2.22. The summed E-state index contributed by atoms with van der Waals surface area (Å²) in [5, 5.41) is 12.8. The number of nitrogens with one attached hydrogen (secondary N) is 1. The fourth-order valence-electron chi connectivity index (χ4n) is 3.63. The Morgan fingerprint density at radius 3 is 2.54 bits per heavy atom. The summed E-state index contributed by atoms with van der Waals surface area (Å²) in [5.74, 6) is 1.31. The molecule has 2 aromatic carbocycles. The normalized spacial score (nSPS) is 13.5. The molecule has 1 N–H and O–H groups in total. The van der Waals surface area contributed by atoms with Crippen LogP contribution in [0.5, 0.6) is 11.5 Å². The van der Waals surface area contributed by atoms with Crippen molar-refractivity contribution in [3.8, 4) is 17.6 Å². The number of amides is 1. The molecule has 1 aromatic heterocycles. The van der Waals surface area contributed by atoms with Crippen LogP contribution in [-0.4, -0.2) is 30.6 Å². The minimum absolute atomic E-state index is 0.111. The molecule has 6 heteroatoms. The average molecular weight is 374 g/mol. The van der Waals surface area contributed by atoms with E-state index >= 15 is 0 Å². The van der Waals surface area contributed by atoms with Crippen molar-refractivity contribution in [3.05, 3.63) is 54.2 Å². The number of carbonyl (C=O) groups is 1. The number of benzene rings is 2. The van der Waals surface area contributed by atoms with E-state index in [1.165, 1.54) is 18.5 Å². The maximum atomic E-state index is 11.7. The van der Waals surface area contributed by atoms with Gasteiger partial charge in [-0.2, -0.15) is 5.26 Å².